The highest BCUT2D eigenvalue weighted by Crippen LogP contribution is 2.39. The van der Waals surface area contributed by atoms with Crippen molar-refractivity contribution in [2.75, 3.05) is 7.11 Å². The summed E-state index contributed by atoms with van der Waals surface area (Å²) in [5.41, 5.74) is 1.65. The van der Waals surface area contributed by atoms with Crippen LogP contribution in [0.3, 0.4) is 0 Å². The van der Waals surface area contributed by atoms with E-state index in [0.29, 0.717) is 37.5 Å². The molecule has 2 rings (SSSR count). The number of methoxy groups -OCH3 is 1. The molecule has 98 valence electrons. The Bertz CT molecular complexity index is 616. The molecule has 0 bridgehead atoms. The summed E-state index contributed by atoms with van der Waals surface area (Å²) in [6.07, 6.45) is 0.746. The standard InChI is InChI=1S/C14H9Cl3O2/c1-19-10-3-2-8(7-18)11(6-10)14-12(16)4-9(15)5-13(14)17/h2-7H,1H3. The molecule has 2 nitrogen and oxygen atoms in total. The summed E-state index contributed by atoms with van der Waals surface area (Å²) < 4.78 is 5.15. The van der Waals surface area contributed by atoms with Crippen molar-refractivity contribution in [3.8, 4) is 16.9 Å². The van der Waals surface area contributed by atoms with Crippen LogP contribution in [0.2, 0.25) is 15.1 Å². The van der Waals surface area contributed by atoms with Crippen molar-refractivity contribution >= 4 is 41.1 Å². The molecule has 0 heterocycles. The molecule has 0 unspecified atom stereocenters. The van der Waals surface area contributed by atoms with E-state index in [1.807, 2.05) is 0 Å². The maximum absolute atomic E-state index is 11.1. The van der Waals surface area contributed by atoms with E-state index in [0.717, 1.165) is 6.29 Å². The van der Waals surface area contributed by atoms with Crippen LogP contribution in [0.15, 0.2) is 30.3 Å². The second-order valence-electron chi connectivity index (χ2n) is 3.82. The Kier molecular flexibility index (Phi) is 4.35. The third-order valence-corrected chi connectivity index (χ3v) is 3.48. The van der Waals surface area contributed by atoms with Gasteiger partial charge in [0.05, 0.1) is 17.2 Å². The quantitative estimate of drug-likeness (QED) is 0.733. The monoisotopic (exact) mass is 314 g/mol. The molecule has 0 amide bonds. The molecule has 0 aliphatic carbocycles. The van der Waals surface area contributed by atoms with Crippen LogP contribution in [0, 0.1) is 0 Å². The topological polar surface area (TPSA) is 26.3 Å². The maximum atomic E-state index is 11.1. The summed E-state index contributed by atoms with van der Waals surface area (Å²) in [6.45, 7) is 0. The first-order valence-corrected chi connectivity index (χ1v) is 6.48. The van der Waals surface area contributed by atoms with Gasteiger partial charge in [0.1, 0.15) is 5.75 Å². The molecule has 0 saturated carbocycles. The summed E-state index contributed by atoms with van der Waals surface area (Å²) in [7, 11) is 1.55. The highest BCUT2D eigenvalue weighted by Gasteiger charge is 2.14. The number of benzene rings is 2. The first kappa shape index (κ1) is 14.2. The second-order valence-corrected chi connectivity index (χ2v) is 5.07. The molecule has 0 atom stereocenters. The number of hydrogen-bond donors (Lipinski definition) is 0. The van der Waals surface area contributed by atoms with Gasteiger partial charge in [-0.3, -0.25) is 4.79 Å². The van der Waals surface area contributed by atoms with Gasteiger partial charge in [0.15, 0.2) is 6.29 Å². The van der Waals surface area contributed by atoms with E-state index >= 15 is 0 Å². The lowest BCUT2D eigenvalue weighted by molar-refractivity contribution is 0.112. The Morgan fingerprint density at radius 2 is 1.68 bits per heavy atom. The third kappa shape index (κ3) is 2.86. The van der Waals surface area contributed by atoms with Crippen LogP contribution < -0.4 is 4.74 Å². The minimum Gasteiger partial charge on any atom is -0.497 e. The van der Waals surface area contributed by atoms with Gasteiger partial charge in [-0.1, -0.05) is 34.8 Å². The first-order chi connectivity index (χ1) is 9.06. The molecule has 0 aliphatic heterocycles. The average Bonchev–Trinajstić information content (AvgIpc) is 2.37. The fourth-order valence-electron chi connectivity index (χ4n) is 1.78. The van der Waals surface area contributed by atoms with Gasteiger partial charge in [-0.05, 0) is 35.9 Å². The minimum absolute atomic E-state index is 0.383. The highest BCUT2D eigenvalue weighted by atomic mass is 35.5. The summed E-state index contributed by atoms with van der Waals surface area (Å²) in [5.74, 6) is 0.614. The molecular weight excluding hydrogens is 307 g/mol. The van der Waals surface area contributed by atoms with E-state index in [9.17, 15) is 4.79 Å². The van der Waals surface area contributed by atoms with E-state index in [1.165, 1.54) is 0 Å². The van der Waals surface area contributed by atoms with E-state index in [4.69, 9.17) is 39.5 Å². The Labute approximate surface area is 125 Å². The maximum Gasteiger partial charge on any atom is 0.150 e. The Morgan fingerprint density at radius 1 is 1.05 bits per heavy atom. The highest BCUT2D eigenvalue weighted by molar-refractivity contribution is 6.42. The van der Waals surface area contributed by atoms with Crippen LogP contribution in [0.1, 0.15) is 10.4 Å². The number of carbonyl (C=O) groups is 1. The molecule has 2 aromatic rings. The smallest absolute Gasteiger partial charge is 0.150 e. The number of rotatable bonds is 3. The van der Waals surface area contributed by atoms with Crippen LogP contribution in [-0.2, 0) is 0 Å². The molecule has 0 N–H and O–H groups in total. The zero-order valence-corrected chi connectivity index (χ0v) is 12.2. The number of ether oxygens (including phenoxy) is 1. The lowest BCUT2D eigenvalue weighted by atomic mass is 10.00. The van der Waals surface area contributed by atoms with Gasteiger partial charge in [-0.25, -0.2) is 0 Å². The van der Waals surface area contributed by atoms with Crippen LogP contribution in [0.25, 0.3) is 11.1 Å². The van der Waals surface area contributed by atoms with Gasteiger partial charge in [0.25, 0.3) is 0 Å². The van der Waals surface area contributed by atoms with Crippen LogP contribution in [0.4, 0.5) is 0 Å². The zero-order chi connectivity index (χ0) is 14.0. The van der Waals surface area contributed by atoms with Crippen LogP contribution in [0.5, 0.6) is 5.75 Å². The zero-order valence-electron chi connectivity index (χ0n) is 9.91. The van der Waals surface area contributed by atoms with E-state index in [1.54, 1.807) is 37.4 Å². The second kappa shape index (κ2) is 5.83. The molecule has 0 fully saturated rings. The van der Waals surface area contributed by atoms with Crippen molar-refractivity contribution in [1.29, 1.82) is 0 Å². The number of carbonyl (C=O) groups excluding carboxylic acids is 1. The van der Waals surface area contributed by atoms with Crippen molar-refractivity contribution in [2.24, 2.45) is 0 Å². The Hall–Kier alpha value is -1.22. The summed E-state index contributed by atoms with van der Waals surface area (Å²) in [4.78, 5) is 11.1. The summed E-state index contributed by atoms with van der Waals surface area (Å²) in [5, 5.41) is 1.21. The fraction of sp³-hybridized carbons (Fsp3) is 0.0714. The van der Waals surface area contributed by atoms with Crippen molar-refractivity contribution in [3.63, 3.8) is 0 Å². The lowest BCUT2D eigenvalue weighted by Gasteiger charge is -2.12. The Morgan fingerprint density at radius 3 is 2.21 bits per heavy atom. The molecular formula is C14H9Cl3O2. The molecule has 0 aliphatic rings. The first-order valence-electron chi connectivity index (χ1n) is 5.35. The van der Waals surface area contributed by atoms with Crippen molar-refractivity contribution in [1.82, 2.24) is 0 Å². The predicted octanol–water partition coefficient (Wildman–Crippen LogP) is 5.13. The minimum atomic E-state index is 0.383. The van der Waals surface area contributed by atoms with Crippen molar-refractivity contribution in [2.45, 2.75) is 0 Å². The van der Waals surface area contributed by atoms with Crippen molar-refractivity contribution < 1.29 is 9.53 Å². The molecule has 19 heavy (non-hydrogen) atoms. The van der Waals surface area contributed by atoms with E-state index in [2.05, 4.69) is 0 Å². The molecule has 0 spiro atoms. The number of hydrogen-bond acceptors (Lipinski definition) is 2. The van der Waals surface area contributed by atoms with Gasteiger partial charge in [-0.15, -0.1) is 0 Å². The normalized spacial score (nSPS) is 10.3. The Balaban J connectivity index is 2.73. The molecule has 0 radical (unpaired) electrons. The van der Waals surface area contributed by atoms with Crippen LogP contribution >= 0.6 is 34.8 Å². The summed E-state index contributed by atoms with van der Waals surface area (Å²) in [6, 6.07) is 8.23. The lowest BCUT2D eigenvalue weighted by Crippen LogP contribution is -1.92. The van der Waals surface area contributed by atoms with Gasteiger partial charge < -0.3 is 4.74 Å². The number of aldehydes is 1. The van der Waals surface area contributed by atoms with E-state index in [-0.39, 0.29) is 0 Å². The predicted molar refractivity (Wildman–Crippen MR) is 78.8 cm³/mol. The van der Waals surface area contributed by atoms with Crippen LogP contribution in [-0.4, -0.2) is 13.4 Å². The number of halogens is 3. The molecule has 5 heteroatoms. The van der Waals surface area contributed by atoms with Gasteiger partial charge in [0, 0.05) is 16.1 Å². The largest absolute Gasteiger partial charge is 0.497 e. The summed E-state index contributed by atoms with van der Waals surface area (Å²) >= 11 is 18.2. The molecule has 0 aromatic heterocycles. The van der Waals surface area contributed by atoms with Crippen molar-refractivity contribution in [3.05, 3.63) is 51.0 Å². The van der Waals surface area contributed by atoms with Gasteiger partial charge >= 0.3 is 0 Å². The van der Waals surface area contributed by atoms with Gasteiger partial charge in [-0.2, -0.15) is 0 Å². The molecule has 2 aromatic carbocycles. The third-order valence-electron chi connectivity index (χ3n) is 2.66. The molecule has 0 saturated heterocycles. The van der Waals surface area contributed by atoms with E-state index < -0.39 is 0 Å². The van der Waals surface area contributed by atoms with Gasteiger partial charge in [0.2, 0.25) is 0 Å². The SMILES string of the molecule is COc1ccc(C=O)c(-c2c(Cl)cc(Cl)cc2Cl)c1. The fourth-order valence-corrected chi connectivity index (χ4v) is 2.80. The average molecular weight is 316 g/mol.